The molecule has 5 heteroatoms. The van der Waals surface area contributed by atoms with Crippen LogP contribution in [-0.4, -0.2) is 32.6 Å². The van der Waals surface area contributed by atoms with Crippen molar-refractivity contribution in [2.75, 3.05) is 20.8 Å². The van der Waals surface area contributed by atoms with Crippen molar-refractivity contribution < 1.29 is 23.8 Å². The van der Waals surface area contributed by atoms with Crippen molar-refractivity contribution in [2.24, 2.45) is 5.92 Å². The fraction of sp³-hybridized carbons (Fsp3) is 0.333. The molecule has 0 saturated carbocycles. The zero-order valence-electron chi connectivity index (χ0n) is 17.2. The molecule has 0 bridgehead atoms. The second-order valence-corrected chi connectivity index (χ2v) is 7.09. The zero-order valence-corrected chi connectivity index (χ0v) is 17.2. The van der Waals surface area contributed by atoms with Crippen LogP contribution in [0.2, 0.25) is 0 Å². The average molecular weight is 394 g/mol. The predicted octanol–water partition coefficient (Wildman–Crippen LogP) is 4.33. The van der Waals surface area contributed by atoms with Crippen molar-refractivity contribution in [1.82, 2.24) is 0 Å². The number of rotatable bonds is 6. The summed E-state index contributed by atoms with van der Waals surface area (Å²) >= 11 is 0. The fourth-order valence-electron chi connectivity index (χ4n) is 3.76. The molecule has 0 spiro atoms. The van der Waals surface area contributed by atoms with Crippen molar-refractivity contribution in [2.45, 2.75) is 26.2 Å². The Kier molecular flexibility index (Phi) is 6.37. The van der Waals surface area contributed by atoms with Gasteiger partial charge in [-0.05, 0) is 49.6 Å². The van der Waals surface area contributed by atoms with Crippen LogP contribution in [0, 0.1) is 12.8 Å². The molecule has 0 unspecified atom stereocenters. The monoisotopic (exact) mass is 394 g/mol. The molecule has 2 aromatic rings. The second kappa shape index (κ2) is 8.95. The Bertz CT molecular complexity index is 927. The normalized spacial score (nSPS) is 18.8. The van der Waals surface area contributed by atoms with Crippen molar-refractivity contribution in [3.63, 3.8) is 0 Å². The number of aryl methyl sites for hydroxylation is 1. The van der Waals surface area contributed by atoms with Gasteiger partial charge >= 0.3 is 5.97 Å². The first-order valence-corrected chi connectivity index (χ1v) is 9.68. The lowest BCUT2D eigenvalue weighted by Gasteiger charge is -2.30. The molecule has 2 aromatic carbocycles. The molecular weight excluding hydrogens is 368 g/mol. The van der Waals surface area contributed by atoms with E-state index in [0.29, 0.717) is 17.9 Å². The van der Waals surface area contributed by atoms with E-state index in [1.807, 2.05) is 43.3 Å². The van der Waals surface area contributed by atoms with Crippen LogP contribution in [0.4, 0.5) is 0 Å². The van der Waals surface area contributed by atoms with Gasteiger partial charge in [0.25, 0.3) is 0 Å². The smallest absolute Gasteiger partial charge is 0.317 e. The Labute approximate surface area is 171 Å². The van der Waals surface area contributed by atoms with Crippen LogP contribution in [0.3, 0.4) is 0 Å². The third kappa shape index (κ3) is 4.34. The molecule has 0 aliphatic heterocycles. The molecule has 3 rings (SSSR count). The van der Waals surface area contributed by atoms with Crippen LogP contribution in [0.1, 0.15) is 36.0 Å². The molecule has 0 N–H and O–H groups in total. The molecule has 29 heavy (non-hydrogen) atoms. The predicted molar refractivity (Wildman–Crippen MR) is 111 cm³/mol. The molecule has 0 aromatic heterocycles. The van der Waals surface area contributed by atoms with Crippen LogP contribution in [-0.2, 0) is 14.3 Å². The number of esters is 1. The van der Waals surface area contributed by atoms with Gasteiger partial charge in [0.05, 0.1) is 20.8 Å². The molecule has 0 amide bonds. The lowest BCUT2D eigenvalue weighted by Crippen LogP contribution is -2.34. The standard InChI is InChI=1S/C24H26O5/c1-5-29-24(26)23-20(16-8-6-15(2)7-9-16)12-17(13-21(23)25)19-11-10-18(27-3)14-22(19)28-4/h6-11,13-14,20,23H,5,12H2,1-4H3/t20-,23+/m0/s1. The van der Waals surface area contributed by atoms with Gasteiger partial charge in [0.2, 0.25) is 0 Å². The molecule has 1 aliphatic rings. The topological polar surface area (TPSA) is 61.8 Å². The average Bonchev–Trinajstić information content (AvgIpc) is 2.73. The van der Waals surface area contributed by atoms with E-state index >= 15 is 0 Å². The first kappa shape index (κ1) is 20.6. The van der Waals surface area contributed by atoms with Crippen molar-refractivity contribution in [1.29, 1.82) is 0 Å². The maximum absolute atomic E-state index is 13.0. The van der Waals surface area contributed by atoms with Gasteiger partial charge in [0.15, 0.2) is 5.78 Å². The van der Waals surface area contributed by atoms with Crippen LogP contribution in [0.25, 0.3) is 5.57 Å². The molecule has 0 saturated heterocycles. The Balaban J connectivity index is 2.05. The number of benzene rings is 2. The fourth-order valence-corrected chi connectivity index (χ4v) is 3.76. The quantitative estimate of drug-likeness (QED) is 0.539. The molecule has 152 valence electrons. The van der Waals surface area contributed by atoms with Gasteiger partial charge in [-0.2, -0.15) is 0 Å². The number of hydrogen-bond acceptors (Lipinski definition) is 5. The van der Waals surface area contributed by atoms with Crippen molar-refractivity contribution >= 4 is 17.3 Å². The SMILES string of the molecule is CCOC(=O)[C@H]1C(=O)C=C(c2ccc(OC)cc2OC)C[C@H]1c1ccc(C)cc1. The van der Waals surface area contributed by atoms with Gasteiger partial charge in [-0.25, -0.2) is 0 Å². The highest BCUT2D eigenvalue weighted by Crippen LogP contribution is 2.43. The lowest BCUT2D eigenvalue weighted by molar-refractivity contribution is -0.151. The van der Waals surface area contributed by atoms with E-state index in [4.69, 9.17) is 14.2 Å². The minimum Gasteiger partial charge on any atom is -0.497 e. The number of carbonyl (C=O) groups excluding carboxylic acids is 2. The molecule has 0 fully saturated rings. The van der Waals surface area contributed by atoms with Crippen LogP contribution >= 0.6 is 0 Å². The van der Waals surface area contributed by atoms with Gasteiger partial charge in [0.1, 0.15) is 17.4 Å². The third-order valence-corrected chi connectivity index (χ3v) is 5.27. The number of carbonyl (C=O) groups is 2. The van der Waals surface area contributed by atoms with Crippen LogP contribution < -0.4 is 9.47 Å². The van der Waals surface area contributed by atoms with Gasteiger partial charge < -0.3 is 14.2 Å². The van der Waals surface area contributed by atoms with Gasteiger partial charge in [-0.3, -0.25) is 9.59 Å². The van der Waals surface area contributed by atoms with E-state index in [0.717, 1.165) is 22.3 Å². The lowest BCUT2D eigenvalue weighted by atomic mass is 9.73. The van der Waals surface area contributed by atoms with E-state index in [2.05, 4.69) is 0 Å². The van der Waals surface area contributed by atoms with Crippen molar-refractivity contribution in [3.05, 3.63) is 65.2 Å². The van der Waals surface area contributed by atoms with Gasteiger partial charge in [-0.15, -0.1) is 0 Å². The maximum atomic E-state index is 13.0. The number of methoxy groups -OCH3 is 2. The van der Waals surface area contributed by atoms with E-state index in [1.54, 1.807) is 33.3 Å². The van der Waals surface area contributed by atoms with Crippen molar-refractivity contribution in [3.8, 4) is 11.5 Å². The summed E-state index contributed by atoms with van der Waals surface area (Å²) in [7, 11) is 3.18. The summed E-state index contributed by atoms with van der Waals surface area (Å²) in [6.45, 7) is 3.99. The molecule has 0 radical (unpaired) electrons. The molecule has 1 aliphatic carbocycles. The van der Waals surface area contributed by atoms with E-state index in [9.17, 15) is 9.59 Å². The Morgan fingerprint density at radius 1 is 1.07 bits per heavy atom. The highest BCUT2D eigenvalue weighted by molar-refractivity contribution is 6.11. The summed E-state index contributed by atoms with van der Waals surface area (Å²) in [5, 5.41) is 0. The highest BCUT2D eigenvalue weighted by atomic mass is 16.5. The Hall–Kier alpha value is -3.08. The molecule has 5 nitrogen and oxygen atoms in total. The number of ketones is 1. The first-order valence-electron chi connectivity index (χ1n) is 9.68. The Morgan fingerprint density at radius 2 is 1.79 bits per heavy atom. The molecular formula is C24H26O5. The summed E-state index contributed by atoms with van der Waals surface area (Å²) in [5.74, 6) is -0.554. The number of ether oxygens (including phenoxy) is 3. The summed E-state index contributed by atoms with van der Waals surface area (Å²) in [5.41, 5.74) is 3.72. The van der Waals surface area contributed by atoms with E-state index < -0.39 is 11.9 Å². The Morgan fingerprint density at radius 3 is 2.41 bits per heavy atom. The summed E-state index contributed by atoms with van der Waals surface area (Å²) in [6.07, 6.45) is 2.08. The van der Waals surface area contributed by atoms with E-state index in [1.165, 1.54) is 0 Å². The third-order valence-electron chi connectivity index (χ3n) is 5.27. The number of allylic oxidation sites excluding steroid dienone is 2. The summed E-state index contributed by atoms with van der Waals surface area (Å²) in [6, 6.07) is 13.5. The first-order chi connectivity index (χ1) is 14.0. The largest absolute Gasteiger partial charge is 0.497 e. The molecule has 0 heterocycles. The highest BCUT2D eigenvalue weighted by Gasteiger charge is 2.40. The van der Waals surface area contributed by atoms with E-state index in [-0.39, 0.29) is 18.3 Å². The maximum Gasteiger partial charge on any atom is 0.317 e. The summed E-state index contributed by atoms with van der Waals surface area (Å²) in [4.78, 5) is 25.6. The minimum absolute atomic E-state index is 0.242. The van der Waals surface area contributed by atoms with Crippen LogP contribution in [0.15, 0.2) is 48.5 Å². The number of hydrogen-bond donors (Lipinski definition) is 0. The summed E-state index contributed by atoms with van der Waals surface area (Å²) < 4.78 is 16.0. The molecule has 2 atom stereocenters. The second-order valence-electron chi connectivity index (χ2n) is 7.09. The van der Waals surface area contributed by atoms with Gasteiger partial charge in [0, 0.05) is 17.5 Å². The van der Waals surface area contributed by atoms with Gasteiger partial charge in [-0.1, -0.05) is 29.8 Å². The minimum atomic E-state index is -0.842. The zero-order chi connectivity index (χ0) is 21.0. The van der Waals surface area contributed by atoms with Crippen LogP contribution in [0.5, 0.6) is 11.5 Å².